The third-order valence-electron chi connectivity index (χ3n) is 2.31. The van der Waals surface area contributed by atoms with E-state index in [2.05, 4.69) is 10.2 Å². The van der Waals surface area contributed by atoms with Crippen LogP contribution in [0.4, 0.5) is 0 Å². The Hall–Kier alpha value is 0.460. The molecule has 0 saturated carbocycles. The Morgan fingerprint density at radius 2 is 2.08 bits per heavy atom. The highest BCUT2D eigenvalue weighted by Crippen LogP contribution is 2.07. The highest BCUT2D eigenvalue weighted by molar-refractivity contribution is 5.85. The van der Waals surface area contributed by atoms with Crippen LogP contribution in [0.3, 0.4) is 0 Å². The Bertz CT molecular complexity index is 100.0. The summed E-state index contributed by atoms with van der Waals surface area (Å²) in [5.41, 5.74) is 0. The lowest BCUT2D eigenvalue weighted by Gasteiger charge is -2.39. The van der Waals surface area contributed by atoms with Gasteiger partial charge in [-0.05, 0) is 0 Å². The lowest BCUT2D eigenvalue weighted by atomic mass is 10.2. The maximum absolute atomic E-state index is 5.36. The Morgan fingerprint density at radius 3 is 2.83 bits per heavy atom. The van der Waals surface area contributed by atoms with Gasteiger partial charge >= 0.3 is 0 Å². The van der Waals surface area contributed by atoms with Gasteiger partial charge in [-0.25, -0.2) is 0 Å². The minimum absolute atomic E-state index is 0. The quantitative estimate of drug-likeness (QED) is 0.621. The summed E-state index contributed by atoms with van der Waals surface area (Å²) in [6.45, 7) is 6.44. The summed E-state index contributed by atoms with van der Waals surface area (Å²) in [7, 11) is 0. The van der Waals surface area contributed by atoms with Gasteiger partial charge in [-0.3, -0.25) is 4.90 Å². The number of rotatable bonds is 0. The first-order valence-corrected chi connectivity index (χ1v) is 3.99. The van der Waals surface area contributed by atoms with Gasteiger partial charge in [0.15, 0.2) is 0 Å². The molecule has 0 radical (unpaired) electrons. The molecule has 2 saturated heterocycles. The lowest BCUT2D eigenvalue weighted by molar-refractivity contribution is -0.0168. The smallest absolute Gasteiger partial charge is 0.0634 e. The highest BCUT2D eigenvalue weighted by Gasteiger charge is 2.24. The first-order chi connectivity index (χ1) is 4.97. The first kappa shape index (κ1) is 12.5. The molecule has 2 heterocycles. The third kappa shape index (κ3) is 2.75. The van der Waals surface area contributed by atoms with Crippen LogP contribution in [0.5, 0.6) is 0 Å². The number of ether oxygens (including phenoxy) is 1. The molecule has 2 aliphatic rings. The van der Waals surface area contributed by atoms with Crippen molar-refractivity contribution in [1.82, 2.24) is 10.2 Å². The summed E-state index contributed by atoms with van der Waals surface area (Å²) in [5, 5.41) is 3.36. The van der Waals surface area contributed by atoms with Crippen molar-refractivity contribution in [3.8, 4) is 0 Å². The van der Waals surface area contributed by atoms with E-state index < -0.39 is 0 Å². The molecule has 0 aromatic rings. The zero-order valence-electron chi connectivity index (χ0n) is 6.99. The van der Waals surface area contributed by atoms with E-state index in [1.165, 1.54) is 6.54 Å². The molecule has 12 heavy (non-hydrogen) atoms. The van der Waals surface area contributed by atoms with Crippen LogP contribution in [0.2, 0.25) is 0 Å². The van der Waals surface area contributed by atoms with E-state index in [-0.39, 0.29) is 24.8 Å². The van der Waals surface area contributed by atoms with Gasteiger partial charge in [0.1, 0.15) is 0 Å². The number of nitrogens with one attached hydrogen (secondary N) is 1. The van der Waals surface area contributed by atoms with Crippen molar-refractivity contribution < 1.29 is 4.74 Å². The van der Waals surface area contributed by atoms with Gasteiger partial charge in [0, 0.05) is 32.2 Å². The standard InChI is InChI=1S/C7H14N2O.2ClH/c1-2-9-3-4-10-6-7(9)5-8-1;;/h7-8H,1-6H2;2*1H/t7-;;/m0../s1. The fourth-order valence-corrected chi connectivity index (χ4v) is 1.66. The average molecular weight is 215 g/mol. The molecular formula is C7H16Cl2N2O. The fourth-order valence-electron chi connectivity index (χ4n) is 1.66. The summed E-state index contributed by atoms with van der Waals surface area (Å²) in [4.78, 5) is 2.51. The summed E-state index contributed by atoms with van der Waals surface area (Å²) in [5.74, 6) is 0. The van der Waals surface area contributed by atoms with Gasteiger partial charge in [0.2, 0.25) is 0 Å². The lowest BCUT2D eigenvalue weighted by Crippen LogP contribution is -2.56. The van der Waals surface area contributed by atoms with Crippen molar-refractivity contribution in [2.45, 2.75) is 6.04 Å². The number of nitrogens with zero attached hydrogens (tertiary/aromatic N) is 1. The number of halogens is 2. The minimum atomic E-state index is 0. The van der Waals surface area contributed by atoms with Gasteiger partial charge in [0.25, 0.3) is 0 Å². The van der Waals surface area contributed by atoms with E-state index in [0.29, 0.717) is 6.04 Å². The molecule has 0 aromatic heterocycles. The third-order valence-corrected chi connectivity index (χ3v) is 2.31. The molecule has 0 aromatic carbocycles. The molecule has 5 heteroatoms. The molecule has 74 valence electrons. The van der Waals surface area contributed by atoms with Crippen LogP contribution >= 0.6 is 24.8 Å². The Morgan fingerprint density at radius 1 is 1.25 bits per heavy atom. The molecule has 0 bridgehead atoms. The second-order valence-electron chi connectivity index (χ2n) is 2.97. The van der Waals surface area contributed by atoms with Gasteiger partial charge in [-0.1, -0.05) is 0 Å². The number of hydrogen-bond acceptors (Lipinski definition) is 3. The van der Waals surface area contributed by atoms with Gasteiger partial charge < -0.3 is 10.1 Å². The monoisotopic (exact) mass is 214 g/mol. The SMILES string of the molecule is C1CN2CCOC[C@@H]2CN1.Cl.Cl. The molecule has 3 nitrogen and oxygen atoms in total. The summed E-state index contributed by atoms with van der Waals surface area (Å²) in [6.07, 6.45) is 0. The maximum Gasteiger partial charge on any atom is 0.0634 e. The molecule has 2 rings (SSSR count). The second-order valence-corrected chi connectivity index (χ2v) is 2.97. The van der Waals surface area contributed by atoms with Crippen molar-refractivity contribution >= 4 is 24.8 Å². The zero-order valence-corrected chi connectivity index (χ0v) is 8.62. The van der Waals surface area contributed by atoms with Crippen LogP contribution in [0.15, 0.2) is 0 Å². The van der Waals surface area contributed by atoms with E-state index in [0.717, 1.165) is 32.8 Å². The largest absolute Gasteiger partial charge is 0.378 e. The van der Waals surface area contributed by atoms with Crippen LogP contribution in [0, 0.1) is 0 Å². The highest BCUT2D eigenvalue weighted by atomic mass is 35.5. The van der Waals surface area contributed by atoms with Gasteiger partial charge in [-0.2, -0.15) is 0 Å². The number of fused-ring (bicyclic) bond motifs is 1. The van der Waals surface area contributed by atoms with Crippen molar-refractivity contribution in [3.63, 3.8) is 0 Å². The van der Waals surface area contributed by atoms with E-state index in [1.807, 2.05) is 0 Å². The normalized spacial score (nSPS) is 29.5. The van der Waals surface area contributed by atoms with Crippen molar-refractivity contribution in [2.24, 2.45) is 0 Å². The molecule has 0 amide bonds. The van der Waals surface area contributed by atoms with Crippen LogP contribution in [-0.2, 0) is 4.74 Å². The first-order valence-electron chi connectivity index (χ1n) is 3.99. The predicted molar refractivity (Wildman–Crippen MR) is 53.5 cm³/mol. The van der Waals surface area contributed by atoms with Crippen LogP contribution in [0.25, 0.3) is 0 Å². The molecule has 0 unspecified atom stereocenters. The summed E-state index contributed by atoms with van der Waals surface area (Å²) in [6, 6.07) is 0.655. The van der Waals surface area contributed by atoms with E-state index in [1.54, 1.807) is 0 Å². The molecule has 2 aliphatic heterocycles. The van der Waals surface area contributed by atoms with Crippen LogP contribution in [-0.4, -0.2) is 50.3 Å². The molecule has 2 fully saturated rings. The molecular weight excluding hydrogens is 199 g/mol. The summed E-state index contributed by atoms with van der Waals surface area (Å²) < 4.78 is 5.36. The van der Waals surface area contributed by atoms with E-state index in [4.69, 9.17) is 4.74 Å². The fraction of sp³-hybridized carbons (Fsp3) is 1.00. The van der Waals surface area contributed by atoms with Crippen LogP contribution in [0.1, 0.15) is 0 Å². The van der Waals surface area contributed by atoms with Crippen molar-refractivity contribution in [1.29, 1.82) is 0 Å². The van der Waals surface area contributed by atoms with Crippen molar-refractivity contribution in [3.05, 3.63) is 0 Å². The molecule has 0 spiro atoms. The molecule has 0 aliphatic carbocycles. The van der Waals surface area contributed by atoms with Gasteiger partial charge in [0.05, 0.1) is 13.2 Å². The average Bonchev–Trinajstić information content (AvgIpc) is 2.05. The Balaban J connectivity index is 0.000000605. The molecule has 1 atom stereocenters. The Labute approximate surface area is 85.6 Å². The Kier molecular flexibility index (Phi) is 6.23. The number of morpholine rings is 1. The predicted octanol–water partition coefficient (Wildman–Crippen LogP) is 0.134. The van der Waals surface area contributed by atoms with Crippen LogP contribution < -0.4 is 5.32 Å². The summed E-state index contributed by atoms with van der Waals surface area (Å²) >= 11 is 0. The van der Waals surface area contributed by atoms with E-state index in [9.17, 15) is 0 Å². The van der Waals surface area contributed by atoms with E-state index >= 15 is 0 Å². The maximum atomic E-state index is 5.36. The zero-order chi connectivity index (χ0) is 6.81. The number of hydrogen-bond donors (Lipinski definition) is 1. The topological polar surface area (TPSA) is 24.5 Å². The second kappa shape index (κ2) is 6.00. The molecule has 1 N–H and O–H groups in total. The van der Waals surface area contributed by atoms with Gasteiger partial charge in [-0.15, -0.1) is 24.8 Å². The van der Waals surface area contributed by atoms with Crippen molar-refractivity contribution in [2.75, 3.05) is 39.4 Å². The number of piperazine rings is 1. The minimum Gasteiger partial charge on any atom is -0.378 e.